The van der Waals surface area contributed by atoms with E-state index in [2.05, 4.69) is 5.32 Å². The first-order chi connectivity index (χ1) is 12.0. The first kappa shape index (κ1) is 18.7. The number of carbonyl (C=O) groups excluding carboxylic acids is 2. The molecule has 0 aromatic heterocycles. The molecule has 0 spiro atoms. The van der Waals surface area contributed by atoms with E-state index >= 15 is 0 Å². The number of halogens is 1. The molecule has 0 heterocycles. The molecule has 2 rings (SSSR count). The van der Waals surface area contributed by atoms with E-state index in [0.29, 0.717) is 10.6 Å². The van der Waals surface area contributed by atoms with E-state index in [0.717, 1.165) is 11.3 Å². The van der Waals surface area contributed by atoms with Crippen LogP contribution in [-0.4, -0.2) is 18.5 Å². The molecule has 1 amide bonds. The number of para-hydroxylation sites is 1. The van der Waals surface area contributed by atoms with Crippen LogP contribution in [0.1, 0.15) is 30.9 Å². The summed E-state index contributed by atoms with van der Waals surface area (Å²) < 4.78 is 4.96. The van der Waals surface area contributed by atoms with Gasteiger partial charge in [-0.15, -0.1) is 0 Å². The van der Waals surface area contributed by atoms with Gasteiger partial charge in [0, 0.05) is 16.8 Å². The molecule has 2 aromatic rings. The van der Waals surface area contributed by atoms with Gasteiger partial charge in [-0.25, -0.2) is 4.79 Å². The highest BCUT2D eigenvalue weighted by Gasteiger charge is 2.10. The van der Waals surface area contributed by atoms with E-state index in [1.165, 1.54) is 6.08 Å². The van der Waals surface area contributed by atoms with Crippen LogP contribution < -0.4 is 5.32 Å². The van der Waals surface area contributed by atoms with Gasteiger partial charge in [0.25, 0.3) is 5.91 Å². The van der Waals surface area contributed by atoms with E-state index in [9.17, 15) is 9.59 Å². The van der Waals surface area contributed by atoms with Gasteiger partial charge in [0.05, 0.1) is 0 Å². The largest absolute Gasteiger partial charge is 0.452 e. The highest BCUT2D eigenvalue weighted by Crippen LogP contribution is 2.23. The minimum atomic E-state index is -0.604. The average Bonchev–Trinajstić information content (AvgIpc) is 2.59. The summed E-state index contributed by atoms with van der Waals surface area (Å²) in [5, 5.41) is 3.31. The molecule has 0 aliphatic rings. The van der Waals surface area contributed by atoms with Crippen molar-refractivity contribution < 1.29 is 14.3 Å². The zero-order chi connectivity index (χ0) is 18.2. The van der Waals surface area contributed by atoms with Crippen molar-refractivity contribution in [2.24, 2.45) is 0 Å². The maximum atomic E-state index is 12.0. The van der Waals surface area contributed by atoms with Crippen molar-refractivity contribution in [1.29, 1.82) is 0 Å². The van der Waals surface area contributed by atoms with Gasteiger partial charge in [0.15, 0.2) is 6.61 Å². The molecule has 1 N–H and O–H groups in total. The number of esters is 1. The number of rotatable bonds is 6. The van der Waals surface area contributed by atoms with Gasteiger partial charge in [-0.3, -0.25) is 4.79 Å². The smallest absolute Gasteiger partial charge is 0.331 e. The number of benzene rings is 2. The molecule has 2 aromatic carbocycles. The zero-order valence-corrected chi connectivity index (χ0v) is 14.9. The first-order valence-corrected chi connectivity index (χ1v) is 8.33. The second-order valence-electron chi connectivity index (χ2n) is 5.75. The Kier molecular flexibility index (Phi) is 6.78. The van der Waals surface area contributed by atoms with Crippen molar-refractivity contribution in [2.45, 2.75) is 19.8 Å². The second kappa shape index (κ2) is 9.04. The molecule has 0 aliphatic carbocycles. The predicted molar refractivity (Wildman–Crippen MR) is 101 cm³/mol. The first-order valence-electron chi connectivity index (χ1n) is 7.95. The third-order valence-corrected chi connectivity index (χ3v) is 3.85. The highest BCUT2D eigenvalue weighted by atomic mass is 35.5. The van der Waals surface area contributed by atoms with Gasteiger partial charge in [0.1, 0.15) is 0 Å². The molecule has 5 heteroatoms. The molecule has 4 nitrogen and oxygen atoms in total. The summed E-state index contributed by atoms with van der Waals surface area (Å²) >= 11 is 6.00. The van der Waals surface area contributed by atoms with E-state index in [-0.39, 0.29) is 18.4 Å². The van der Waals surface area contributed by atoms with Crippen LogP contribution in [-0.2, 0) is 14.3 Å². The number of hydrogen-bond donors (Lipinski definition) is 1. The highest BCUT2D eigenvalue weighted by molar-refractivity contribution is 6.32. The van der Waals surface area contributed by atoms with Gasteiger partial charge in [0.2, 0.25) is 0 Å². The maximum Gasteiger partial charge on any atom is 0.331 e. The summed E-state index contributed by atoms with van der Waals surface area (Å²) in [6.45, 7) is 3.74. The Balaban J connectivity index is 1.88. The maximum absolute atomic E-state index is 12.0. The lowest BCUT2D eigenvalue weighted by atomic mass is 10.0. The lowest BCUT2D eigenvalue weighted by Gasteiger charge is -2.13. The van der Waals surface area contributed by atoms with E-state index < -0.39 is 5.97 Å². The Morgan fingerprint density at radius 2 is 1.80 bits per heavy atom. The van der Waals surface area contributed by atoms with Crippen molar-refractivity contribution in [2.75, 3.05) is 11.9 Å². The fourth-order valence-electron chi connectivity index (χ4n) is 2.25. The van der Waals surface area contributed by atoms with Crippen LogP contribution in [0.25, 0.3) is 6.08 Å². The molecule has 0 aliphatic heterocycles. The van der Waals surface area contributed by atoms with Crippen LogP contribution in [0.15, 0.2) is 54.6 Å². The molecule has 0 saturated carbocycles. The third kappa shape index (κ3) is 5.76. The Morgan fingerprint density at radius 3 is 2.52 bits per heavy atom. The minimum Gasteiger partial charge on any atom is -0.452 e. The number of carbonyl (C=O) groups is 2. The Labute approximate surface area is 152 Å². The van der Waals surface area contributed by atoms with Crippen molar-refractivity contribution in [3.05, 3.63) is 70.8 Å². The lowest BCUT2D eigenvalue weighted by molar-refractivity contribution is -0.142. The number of anilines is 1. The molecule has 0 bridgehead atoms. The summed E-state index contributed by atoms with van der Waals surface area (Å²) in [6.07, 6.45) is 2.80. The van der Waals surface area contributed by atoms with E-state index in [1.807, 2.05) is 44.2 Å². The number of nitrogens with one attached hydrogen (secondary N) is 1. The van der Waals surface area contributed by atoms with Crippen LogP contribution in [0.2, 0.25) is 5.02 Å². The Bertz CT molecular complexity index is 784. The fraction of sp³-hybridized carbons (Fsp3) is 0.200. The molecule has 25 heavy (non-hydrogen) atoms. The topological polar surface area (TPSA) is 55.4 Å². The standard InChI is InChI=1S/C20H20ClNO3/c1-14(2)16-8-4-6-10-18(16)22-19(23)13-25-20(24)12-11-15-7-3-5-9-17(15)21/h3-12,14H,13H2,1-2H3,(H,22,23). The van der Waals surface area contributed by atoms with Crippen molar-refractivity contribution in [3.63, 3.8) is 0 Å². The molecule has 0 saturated heterocycles. The summed E-state index contributed by atoms with van der Waals surface area (Å²) in [5.74, 6) is -0.711. The summed E-state index contributed by atoms with van der Waals surface area (Å²) in [7, 11) is 0. The van der Waals surface area contributed by atoms with Crippen molar-refractivity contribution >= 4 is 35.2 Å². The minimum absolute atomic E-state index is 0.276. The fourth-order valence-corrected chi connectivity index (χ4v) is 2.45. The second-order valence-corrected chi connectivity index (χ2v) is 6.16. The molecule has 0 unspecified atom stereocenters. The molecule has 0 fully saturated rings. The quantitative estimate of drug-likeness (QED) is 0.604. The molecule has 130 valence electrons. The molecule has 0 radical (unpaired) electrons. The zero-order valence-electron chi connectivity index (χ0n) is 14.2. The summed E-state index contributed by atoms with van der Waals surface area (Å²) in [5.41, 5.74) is 2.46. The van der Waals surface area contributed by atoms with Gasteiger partial charge in [-0.2, -0.15) is 0 Å². The van der Waals surface area contributed by atoms with E-state index in [4.69, 9.17) is 16.3 Å². The van der Waals surface area contributed by atoms with Gasteiger partial charge >= 0.3 is 5.97 Å². The number of ether oxygens (including phenoxy) is 1. The normalized spacial score (nSPS) is 10.9. The number of hydrogen-bond acceptors (Lipinski definition) is 3. The van der Waals surface area contributed by atoms with E-state index in [1.54, 1.807) is 24.3 Å². The third-order valence-electron chi connectivity index (χ3n) is 3.51. The van der Waals surface area contributed by atoms with Crippen LogP contribution in [0.4, 0.5) is 5.69 Å². The van der Waals surface area contributed by atoms with Gasteiger partial charge in [-0.1, -0.05) is 61.8 Å². The lowest BCUT2D eigenvalue weighted by Crippen LogP contribution is -2.21. The Morgan fingerprint density at radius 1 is 1.12 bits per heavy atom. The van der Waals surface area contributed by atoms with Gasteiger partial charge < -0.3 is 10.1 Å². The SMILES string of the molecule is CC(C)c1ccccc1NC(=O)COC(=O)C=Cc1ccccc1Cl. The average molecular weight is 358 g/mol. The Hall–Kier alpha value is -2.59. The van der Waals surface area contributed by atoms with Crippen LogP contribution in [0.5, 0.6) is 0 Å². The van der Waals surface area contributed by atoms with Crippen molar-refractivity contribution in [3.8, 4) is 0 Å². The predicted octanol–water partition coefficient (Wildman–Crippen LogP) is 4.66. The molecule has 0 atom stereocenters. The number of amides is 1. The summed E-state index contributed by atoms with van der Waals surface area (Å²) in [4.78, 5) is 23.7. The van der Waals surface area contributed by atoms with Crippen LogP contribution >= 0.6 is 11.6 Å². The van der Waals surface area contributed by atoms with Crippen LogP contribution in [0, 0.1) is 0 Å². The summed E-state index contributed by atoms with van der Waals surface area (Å²) in [6, 6.07) is 14.7. The van der Waals surface area contributed by atoms with Gasteiger partial charge in [-0.05, 0) is 35.3 Å². The van der Waals surface area contributed by atoms with Crippen molar-refractivity contribution in [1.82, 2.24) is 0 Å². The van der Waals surface area contributed by atoms with Crippen LogP contribution in [0.3, 0.4) is 0 Å². The monoisotopic (exact) mass is 357 g/mol. The molecular formula is C20H20ClNO3. The molecular weight excluding hydrogens is 338 g/mol.